The van der Waals surface area contributed by atoms with Crippen LogP contribution in [0.3, 0.4) is 0 Å². The van der Waals surface area contributed by atoms with Crippen LogP contribution in [0.5, 0.6) is 0 Å². The number of rotatable bonds is 27. The molecule has 5 N–H and O–H groups in total. The van der Waals surface area contributed by atoms with Crippen LogP contribution in [0.2, 0.25) is 0 Å². The first-order chi connectivity index (χ1) is 52.4. The molecule has 7 rings (SSSR count). The molecule has 3 radical (unpaired) electrons. The van der Waals surface area contributed by atoms with E-state index in [9.17, 15) is 61.2 Å². The van der Waals surface area contributed by atoms with Gasteiger partial charge in [-0.3, -0.25) is 4.79 Å². The van der Waals surface area contributed by atoms with Crippen molar-refractivity contribution in [3.63, 3.8) is 0 Å². The summed E-state index contributed by atoms with van der Waals surface area (Å²) in [4.78, 5) is 131. The van der Waals surface area contributed by atoms with E-state index in [0.717, 1.165) is 66.2 Å². The third kappa shape index (κ3) is 55.5. The van der Waals surface area contributed by atoms with Crippen molar-refractivity contribution >= 4 is 207 Å². The van der Waals surface area contributed by atoms with Gasteiger partial charge in [0.15, 0.2) is 0 Å². The number of carboxylic acid groups (broad SMARTS) is 4. The Morgan fingerprint density at radius 2 is 0.711 bits per heavy atom. The number of ether oxygens (including phenoxy) is 7. The van der Waals surface area contributed by atoms with Crippen LogP contribution >= 0.6 is 106 Å². The lowest BCUT2D eigenvalue weighted by Crippen LogP contribution is -2.22. The van der Waals surface area contributed by atoms with Gasteiger partial charge >= 0.3 is 65.7 Å². The maximum Gasteiger partial charge on any atom is 0.348 e. The largest absolute Gasteiger partial charge is 0.481 e. The monoisotopic (exact) mass is 1820 g/mol. The zero-order valence-electron chi connectivity index (χ0n) is 66.6. The van der Waals surface area contributed by atoms with E-state index in [1.807, 2.05) is 66.7 Å². The number of aryl methyl sites for hydroxylation is 3. The van der Waals surface area contributed by atoms with Crippen molar-refractivity contribution in [3.05, 3.63) is 170 Å². The summed E-state index contributed by atoms with van der Waals surface area (Å²) in [6.07, 6.45) is 14.2. The number of hydrogen-bond donors (Lipinski definition) is 5. The second-order valence-corrected chi connectivity index (χ2v) is 38.7. The number of aliphatic hydroxyl groups is 1. The van der Waals surface area contributed by atoms with E-state index in [1.165, 1.54) is 98.7 Å². The second-order valence-electron chi connectivity index (χ2n) is 26.3. The molecule has 0 saturated heterocycles. The minimum Gasteiger partial charge on any atom is -0.481 e. The number of aliphatic carboxylic acids is 2. The minimum atomic E-state index is -3.19. The molecule has 7 aromatic rings. The molecule has 0 amide bonds. The van der Waals surface area contributed by atoms with Gasteiger partial charge < -0.3 is 58.7 Å². The van der Waals surface area contributed by atoms with E-state index in [4.69, 9.17) is 58.7 Å². The Bertz CT molecular complexity index is 4270. The quantitative estimate of drug-likeness (QED) is 0.0105. The summed E-state index contributed by atoms with van der Waals surface area (Å²) in [6.45, 7) is 31.3. The fraction of sp³-hybridized carbons (Fsp3) is 0.423. The smallest absolute Gasteiger partial charge is 0.348 e. The lowest BCUT2D eigenvalue weighted by molar-refractivity contribution is -0.149. The molecule has 0 spiro atoms. The molecular weight excluding hydrogens is 1720 g/mol. The van der Waals surface area contributed by atoms with Gasteiger partial charge in [-0.25, -0.2) is 56.4 Å². The first-order valence-corrected chi connectivity index (χ1v) is 43.9. The lowest BCUT2D eigenvalue weighted by Gasteiger charge is -2.17. The van der Waals surface area contributed by atoms with Crippen LogP contribution in [-0.2, 0) is 80.6 Å². The lowest BCUT2D eigenvalue weighted by atomic mass is 10.2. The van der Waals surface area contributed by atoms with Crippen LogP contribution in [0.15, 0.2) is 107 Å². The normalized spacial score (nSPS) is 10.9. The van der Waals surface area contributed by atoms with Gasteiger partial charge in [0, 0.05) is 74.6 Å². The Kier molecular flexibility index (Phi) is 53.4. The van der Waals surface area contributed by atoms with Crippen molar-refractivity contribution in [2.24, 2.45) is 0 Å². The number of esters is 7. The zero-order valence-corrected chi connectivity index (χ0v) is 75.5. The molecule has 0 aromatic carbocycles. The molecule has 0 unspecified atom stereocenters. The molecule has 114 heavy (non-hydrogen) atoms. The molecule has 25 nitrogen and oxygen atoms in total. The van der Waals surface area contributed by atoms with E-state index in [2.05, 4.69) is 33.5 Å². The number of aromatic carboxylic acids is 2. The van der Waals surface area contributed by atoms with Gasteiger partial charge in [-0.05, 0) is 262 Å². The fourth-order valence-corrected chi connectivity index (χ4v) is 13.6. The highest BCUT2D eigenvalue weighted by molar-refractivity contribution is 9.11. The van der Waals surface area contributed by atoms with Crippen molar-refractivity contribution in [1.82, 2.24) is 0 Å². The van der Waals surface area contributed by atoms with Crippen LogP contribution in [0.4, 0.5) is 0 Å². The number of hydrogen-bond acceptors (Lipinski definition) is 28. The average Bonchev–Trinajstić information content (AvgIpc) is 1.75. The highest BCUT2D eigenvalue weighted by Gasteiger charge is 2.19. The van der Waals surface area contributed by atoms with Crippen LogP contribution in [0, 0.1) is 0 Å². The molecule has 0 fully saturated rings. The van der Waals surface area contributed by atoms with Crippen LogP contribution in [0.1, 0.15) is 242 Å². The summed E-state index contributed by atoms with van der Waals surface area (Å²) in [5.41, 5.74) is -1.04. The summed E-state index contributed by atoms with van der Waals surface area (Å²) in [6, 6.07) is 24.2. The number of thiophene rings is 7. The topological polar surface area (TPSA) is 388 Å². The van der Waals surface area contributed by atoms with E-state index >= 15 is 0 Å². The number of halogens is 2. The summed E-state index contributed by atoms with van der Waals surface area (Å²) < 4.78 is 55.2. The van der Waals surface area contributed by atoms with Crippen molar-refractivity contribution in [2.75, 3.05) is 12.9 Å². The molecule has 0 aliphatic carbocycles. The second kappa shape index (κ2) is 56.4. The Hall–Kier alpha value is -7.97. The van der Waals surface area contributed by atoms with E-state index in [-0.39, 0.29) is 88.1 Å². The van der Waals surface area contributed by atoms with Gasteiger partial charge in [0.1, 0.15) is 45.3 Å². The standard InChI is InChI=1S/C15H20O4S.C12H14O4S.C12H18O2S.C11H14O4S.C11H12O4S.C11H16O3S.C5H3BrO2S.CH3ClO2S.B.H2/c1-10(2)18-14(17)12-8-6-11(20-12)7-9-13(16)19-15(3,4)5;1-12(2,3)16-10(13)7-5-8-4-6-9(17-8)11(14)15;1-4-5-6-10-7-8-11(15-10)12(13)14-9(2)3;2*1-7(2)15-11(14)9-5-3-8(16-9)4-6-10(12)13;1-8(2)14-11(13)10-6-5-9(15-10)4-3-7-12;6-4-2-1-3(9-4)5(7)8;1-5(2,3)4;;/h6-10H,1-5H3;4-7H,1-3H3,(H,14,15);7-9H,4-6H2,1-3H3;3,5,7H,4,6H2,1-2H3,(H,12,13);3-7H,1-2H3,(H,12,13);5-6,8,12H,3-4,7H2,1-2H3;1-2H,(H,7,8);1H3;;1H/b9-7+;7-5+;;;6-4+;;;;;. The van der Waals surface area contributed by atoms with Crippen LogP contribution in [0.25, 0.3) is 18.2 Å². The van der Waals surface area contributed by atoms with E-state index in [0.29, 0.717) is 40.6 Å². The fourth-order valence-electron chi connectivity index (χ4n) is 7.28. The van der Waals surface area contributed by atoms with Crippen molar-refractivity contribution in [3.8, 4) is 0 Å². The molecule has 0 aliphatic rings. The maximum absolute atomic E-state index is 11.7. The summed E-state index contributed by atoms with van der Waals surface area (Å²) in [7, 11) is 1.31. The van der Waals surface area contributed by atoms with Crippen molar-refractivity contribution in [2.45, 2.75) is 204 Å². The van der Waals surface area contributed by atoms with E-state index in [1.54, 1.807) is 146 Å². The predicted octanol–water partition coefficient (Wildman–Crippen LogP) is 19.4. The Labute approximate surface area is 710 Å². The average molecular weight is 1820 g/mol. The highest BCUT2D eigenvalue weighted by Crippen LogP contribution is 2.26. The SMILES string of the molecule is CC(C)(C)OC(=O)/C=C/c1ccc(C(=O)O)s1.CC(C)OC(=O)c1ccc(/C=C/C(=O)O)s1.CC(C)OC(=O)c1ccc(/C=C/C(=O)OC(C)(C)C)s1.CC(C)OC(=O)c1ccc(CCC(=O)O)s1.CC(C)OC(=O)c1ccc(CCCO)s1.CCCCc1ccc(C(=O)OC(C)C)s1.CS(=O)(=O)Cl.O=C(O)c1ccc(Br)s1.[B].[HH]. The molecule has 7 aromatic heterocycles. The van der Waals surface area contributed by atoms with Gasteiger partial charge in [-0.1, -0.05) is 13.3 Å². The third-order valence-corrected chi connectivity index (χ3v) is 19.6. The third-order valence-electron chi connectivity index (χ3n) is 11.5. The molecule has 0 saturated carbocycles. The first-order valence-electron chi connectivity index (χ1n) is 34.7. The molecule has 0 atom stereocenters. The summed E-state index contributed by atoms with van der Waals surface area (Å²) >= 11 is 12.2. The molecule has 629 valence electrons. The molecule has 36 heteroatoms. The number of aliphatic hydroxyl groups excluding tert-OH is 1. The Balaban J connectivity index is -0.00000126. The predicted molar refractivity (Wildman–Crippen MR) is 460 cm³/mol. The summed E-state index contributed by atoms with van der Waals surface area (Å²) in [5.74, 6) is -6.06. The van der Waals surface area contributed by atoms with Crippen molar-refractivity contribution < 1.29 is 121 Å². The molecule has 0 bridgehead atoms. The maximum atomic E-state index is 11.7. The summed E-state index contributed by atoms with van der Waals surface area (Å²) in [5, 5.41) is 42.7. The van der Waals surface area contributed by atoms with Crippen LogP contribution in [-0.4, -0.2) is 163 Å². The van der Waals surface area contributed by atoms with Gasteiger partial charge in [0.05, 0.1) is 47.0 Å². The number of carbonyl (C=O) groups is 11. The van der Waals surface area contributed by atoms with Gasteiger partial charge in [-0.2, -0.15) is 0 Å². The Morgan fingerprint density at radius 3 is 0.965 bits per heavy atom. The highest BCUT2D eigenvalue weighted by atomic mass is 79.9. The van der Waals surface area contributed by atoms with Gasteiger partial charge in [-0.15, -0.1) is 79.4 Å². The van der Waals surface area contributed by atoms with Gasteiger partial charge in [0.2, 0.25) is 9.05 Å². The number of unbranched alkanes of at least 4 members (excludes halogenated alkanes) is 1. The van der Waals surface area contributed by atoms with Crippen LogP contribution < -0.4 is 0 Å². The number of carbonyl (C=O) groups excluding carboxylic acids is 7. The van der Waals surface area contributed by atoms with Crippen molar-refractivity contribution in [1.29, 1.82) is 0 Å². The minimum absolute atomic E-state index is 0. The molecule has 0 aliphatic heterocycles. The zero-order chi connectivity index (χ0) is 86.5. The van der Waals surface area contributed by atoms with Gasteiger partial charge in [0.25, 0.3) is 0 Å². The number of carboxylic acids is 4. The molecular formula is C78H102BBrClO25S8. The molecule has 7 heterocycles. The van der Waals surface area contributed by atoms with E-state index < -0.39 is 56.1 Å². The first kappa shape index (κ1) is 108. The Morgan fingerprint density at radius 1 is 0.439 bits per heavy atom.